The molecule has 0 saturated carbocycles. The molecule has 218 valence electrons. The van der Waals surface area contributed by atoms with Gasteiger partial charge in [-0.15, -0.1) is 0 Å². The number of hydrogen-bond donors (Lipinski definition) is 2. The summed E-state index contributed by atoms with van der Waals surface area (Å²) in [4.78, 5) is 0. The van der Waals surface area contributed by atoms with E-state index in [9.17, 15) is 15.6 Å². The third-order valence-corrected chi connectivity index (χ3v) is 9.87. The largest absolute Gasteiger partial charge is 0.784 e. The van der Waals surface area contributed by atoms with Crippen LogP contribution in [0.25, 0.3) is 0 Å². The Bertz CT molecular complexity index is 659. The molecule has 3 heterocycles. The number of hydroxylamine groups is 6. The molecule has 3 fully saturated rings. The van der Waals surface area contributed by atoms with Gasteiger partial charge in [0.05, 0.1) is 18.3 Å². The summed E-state index contributed by atoms with van der Waals surface area (Å²) in [5.74, 6) is 0. The van der Waals surface area contributed by atoms with Crippen LogP contribution in [-0.4, -0.2) is 77.1 Å². The summed E-state index contributed by atoms with van der Waals surface area (Å²) in [7, 11) is -1.74. The number of piperidine rings is 3. The van der Waals surface area contributed by atoms with Gasteiger partial charge in [0.25, 0.3) is 0 Å². The first-order valence-electron chi connectivity index (χ1n) is 13.7. The third kappa shape index (κ3) is 6.87. The predicted octanol–water partition coefficient (Wildman–Crippen LogP) is 6.60. The Morgan fingerprint density at radius 2 is 0.730 bits per heavy atom. The van der Waals surface area contributed by atoms with Crippen molar-refractivity contribution in [3.05, 3.63) is 5.21 Å². The highest BCUT2D eigenvalue weighted by molar-refractivity contribution is 7.41. The van der Waals surface area contributed by atoms with Crippen molar-refractivity contribution in [1.29, 1.82) is 0 Å². The topological polar surface area (TPSA) is 101 Å². The van der Waals surface area contributed by atoms with Gasteiger partial charge in [-0.25, -0.2) is 0 Å². The zero-order valence-electron chi connectivity index (χ0n) is 25.3. The Hall–Kier alpha value is 0.0700. The third-order valence-electron chi connectivity index (χ3n) is 8.46. The molecular weight excluding hydrogens is 493 g/mol. The van der Waals surface area contributed by atoms with Crippen molar-refractivity contribution in [2.24, 2.45) is 0 Å². The van der Waals surface area contributed by atoms with Crippen molar-refractivity contribution in [1.82, 2.24) is 15.2 Å². The summed E-state index contributed by atoms with van der Waals surface area (Å²) >= 11 is 0. The van der Waals surface area contributed by atoms with Crippen LogP contribution < -0.4 is 0 Å². The molecule has 0 amide bonds. The lowest BCUT2D eigenvalue weighted by molar-refractivity contribution is -0.259. The lowest BCUT2D eigenvalue weighted by Crippen LogP contribution is -2.61. The molecule has 3 aliphatic heterocycles. The maximum Gasteiger partial charge on any atom is 0.333 e. The van der Waals surface area contributed by atoms with Crippen molar-refractivity contribution >= 4 is 8.60 Å². The van der Waals surface area contributed by atoms with Gasteiger partial charge in [-0.3, -0.25) is 0 Å². The minimum Gasteiger partial charge on any atom is -0.784 e. The van der Waals surface area contributed by atoms with Gasteiger partial charge >= 0.3 is 8.60 Å². The van der Waals surface area contributed by atoms with E-state index in [0.717, 1.165) is 0 Å². The van der Waals surface area contributed by atoms with Crippen LogP contribution in [0.2, 0.25) is 0 Å². The van der Waals surface area contributed by atoms with E-state index < -0.39 is 41.8 Å². The molecule has 0 atom stereocenters. The molecule has 3 rings (SSSR count). The molecule has 0 aromatic heterocycles. The highest BCUT2D eigenvalue weighted by atomic mass is 31.2. The second-order valence-electron chi connectivity index (χ2n) is 15.4. The molecular formula is C27H53N3O6P-. The van der Waals surface area contributed by atoms with Crippen LogP contribution >= 0.6 is 8.60 Å². The Balaban J connectivity index is 1.84. The molecule has 37 heavy (non-hydrogen) atoms. The highest BCUT2D eigenvalue weighted by Gasteiger charge is 2.50. The van der Waals surface area contributed by atoms with Crippen LogP contribution in [0, 0.1) is 5.21 Å². The normalized spacial score (nSPS) is 31.1. The summed E-state index contributed by atoms with van der Waals surface area (Å²) in [6.07, 6.45) is 3.24. The summed E-state index contributed by atoms with van der Waals surface area (Å²) in [5.41, 5.74) is -2.97. The lowest BCUT2D eigenvalue weighted by atomic mass is 9.80. The Morgan fingerprint density at radius 3 is 0.973 bits per heavy atom. The Morgan fingerprint density at radius 1 is 0.514 bits per heavy atom. The number of hydrogen-bond acceptors (Lipinski definition) is 9. The number of rotatable bonds is 6. The van der Waals surface area contributed by atoms with Crippen molar-refractivity contribution in [3.63, 3.8) is 0 Å². The SMILES string of the molecule is CC1(C)CC(OP(OC2CC(C)(C)N(O)C(C)(C)C2)OC2CC(C)(C)N(O)C(C)(C)C2)CC(C)(C)N1[O-]. The van der Waals surface area contributed by atoms with Crippen LogP contribution in [0.15, 0.2) is 0 Å². The maximum absolute atomic E-state index is 12.9. The van der Waals surface area contributed by atoms with E-state index in [4.69, 9.17) is 13.6 Å². The van der Waals surface area contributed by atoms with E-state index in [1.807, 2.05) is 83.1 Å². The molecule has 0 spiro atoms. The average molecular weight is 547 g/mol. The van der Waals surface area contributed by atoms with E-state index in [1.54, 1.807) is 0 Å². The average Bonchev–Trinajstić information content (AvgIpc) is 2.67. The van der Waals surface area contributed by atoms with Crippen LogP contribution in [0.3, 0.4) is 0 Å². The monoisotopic (exact) mass is 546 g/mol. The van der Waals surface area contributed by atoms with Crippen molar-refractivity contribution in [3.8, 4) is 0 Å². The van der Waals surface area contributed by atoms with Gasteiger partial charge in [-0.05, 0) is 122 Å². The second kappa shape index (κ2) is 10.2. The van der Waals surface area contributed by atoms with Gasteiger partial charge in [-0.2, -0.15) is 10.1 Å². The minimum absolute atomic E-state index is 0.154. The van der Waals surface area contributed by atoms with Gasteiger partial charge in [0.2, 0.25) is 0 Å². The standard InChI is InChI=1S/C27H53N3O6P/c1-22(2)13-19(14-23(3,4)28(22)31)34-37(35-20-15-24(5,6)29(32)25(7,8)16-20)36-21-17-26(9,10)30(33)27(11,12)18-21/h19-21,31-32H,13-18H2,1-12H3/q-1. The molecule has 0 aromatic rings. The first kappa shape index (κ1) is 31.6. The lowest BCUT2D eigenvalue weighted by Gasteiger charge is -2.59. The van der Waals surface area contributed by atoms with Crippen LogP contribution in [0.1, 0.15) is 122 Å². The Kier molecular flexibility index (Phi) is 8.68. The molecule has 0 radical (unpaired) electrons. The van der Waals surface area contributed by atoms with Gasteiger partial charge in [0, 0.05) is 33.2 Å². The quantitative estimate of drug-likeness (QED) is 0.357. The first-order chi connectivity index (χ1) is 16.5. The summed E-state index contributed by atoms with van der Waals surface area (Å²) in [6, 6.07) is 0. The number of nitrogens with zero attached hydrogens (tertiary/aromatic N) is 3. The molecule has 9 nitrogen and oxygen atoms in total. The van der Waals surface area contributed by atoms with E-state index in [1.165, 1.54) is 15.2 Å². The van der Waals surface area contributed by atoms with Crippen LogP contribution in [0.4, 0.5) is 0 Å². The van der Waals surface area contributed by atoms with Gasteiger partial charge < -0.3 is 34.3 Å². The van der Waals surface area contributed by atoms with Crippen molar-refractivity contribution in [2.75, 3.05) is 0 Å². The molecule has 3 saturated heterocycles. The molecule has 10 heteroatoms. The molecule has 0 bridgehead atoms. The maximum atomic E-state index is 12.9. The van der Waals surface area contributed by atoms with Crippen LogP contribution in [-0.2, 0) is 13.6 Å². The fourth-order valence-electron chi connectivity index (χ4n) is 7.19. The predicted molar refractivity (Wildman–Crippen MR) is 146 cm³/mol. The van der Waals surface area contributed by atoms with Crippen LogP contribution in [0.5, 0.6) is 0 Å². The highest BCUT2D eigenvalue weighted by Crippen LogP contribution is 2.53. The zero-order chi connectivity index (χ0) is 28.4. The van der Waals surface area contributed by atoms with Gasteiger partial charge in [0.1, 0.15) is 0 Å². The second-order valence-corrected chi connectivity index (χ2v) is 16.5. The van der Waals surface area contributed by atoms with Crippen molar-refractivity contribution < 1.29 is 24.0 Å². The van der Waals surface area contributed by atoms with E-state index >= 15 is 0 Å². The smallest absolute Gasteiger partial charge is 0.333 e. The molecule has 3 aliphatic rings. The fraction of sp³-hybridized carbons (Fsp3) is 1.00. The van der Waals surface area contributed by atoms with E-state index in [2.05, 4.69) is 0 Å². The minimum atomic E-state index is -1.74. The van der Waals surface area contributed by atoms with E-state index in [-0.39, 0.29) is 18.3 Å². The molecule has 2 N–H and O–H groups in total. The summed E-state index contributed by atoms with van der Waals surface area (Å²) < 4.78 is 20.0. The fourth-order valence-corrected chi connectivity index (χ4v) is 8.52. The summed E-state index contributed by atoms with van der Waals surface area (Å²) in [6.45, 7) is 24.0. The zero-order valence-corrected chi connectivity index (χ0v) is 26.2. The Labute approximate surface area is 226 Å². The molecule has 0 aromatic carbocycles. The van der Waals surface area contributed by atoms with Gasteiger partial charge in [0.15, 0.2) is 0 Å². The summed E-state index contributed by atoms with van der Waals surface area (Å²) in [5, 5.41) is 38.6. The van der Waals surface area contributed by atoms with Gasteiger partial charge in [-0.1, -0.05) is 0 Å². The molecule has 0 unspecified atom stereocenters. The molecule has 0 aliphatic carbocycles. The first-order valence-corrected chi connectivity index (χ1v) is 14.8. The van der Waals surface area contributed by atoms with E-state index in [0.29, 0.717) is 38.5 Å². The van der Waals surface area contributed by atoms with Crippen molar-refractivity contribution in [2.45, 2.75) is 173 Å².